The van der Waals surface area contributed by atoms with E-state index < -0.39 is 22.5 Å². The summed E-state index contributed by atoms with van der Waals surface area (Å²) in [7, 11) is 0. The number of benzene rings is 1. The van der Waals surface area contributed by atoms with Crippen molar-refractivity contribution in [2.45, 2.75) is 19.6 Å². The van der Waals surface area contributed by atoms with Crippen LogP contribution in [0.4, 0.5) is 10.1 Å². The molecule has 1 unspecified atom stereocenters. The van der Waals surface area contributed by atoms with Crippen molar-refractivity contribution >= 4 is 5.69 Å². The Bertz CT molecular complexity index is 610. The Balaban J connectivity index is 2.28. The number of halogens is 1. The Morgan fingerprint density at radius 1 is 1.58 bits per heavy atom. The van der Waals surface area contributed by atoms with Crippen LogP contribution < -0.4 is 0 Å². The highest BCUT2D eigenvalue weighted by molar-refractivity contribution is 5.36. The number of rotatable bonds is 4. The number of hydrogen-bond acceptors (Lipinski definition) is 4. The standard InChI is InChI=1S/C12H12FN3O3/c1-8(17)10-5-14-15(7-10)6-9-3-2-4-11(12(9)13)16(18)19/h2-5,7-8,17H,6H2,1H3. The fourth-order valence-corrected chi connectivity index (χ4v) is 1.69. The number of nitro benzene ring substituents is 1. The van der Waals surface area contributed by atoms with Gasteiger partial charge in [-0.1, -0.05) is 12.1 Å². The summed E-state index contributed by atoms with van der Waals surface area (Å²) in [6.07, 6.45) is 2.38. The van der Waals surface area contributed by atoms with Crippen LogP contribution in [0.5, 0.6) is 0 Å². The van der Waals surface area contributed by atoms with Crippen LogP contribution >= 0.6 is 0 Å². The van der Waals surface area contributed by atoms with Crippen LogP contribution in [0.3, 0.4) is 0 Å². The van der Waals surface area contributed by atoms with Crippen LogP contribution in [0.25, 0.3) is 0 Å². The topological polar surface area (TPSA) is 81.2 Å². The Kier molecular flexibility index (Phi) is 3.57. The molecule has 19 heavy (non-hydrogen) atoms. The zero-order chi connectivity index (χ0) is 14.0. The number of nitro groups is 1. The summed E-state index contributed by atoms with van der Waals surface area (Å²) in [6.45, 7) is 1.66. The normalized spacial score (nSPS) is 12.4. The van der Waals surface area contributed by atoms with Crippen LogP contribution in [0.1, 0.15) is 24.2 Å². The molecule has 0 saturated carbocycles. The van der Waals surface area contributed by atoms with Gasteiger partial charge in [0.2, 0.25) is 5.82 Å². The van der Waals surface area contributed by atoms with E-state index in [1.54, 1.807) is 13.1 Å². The maximum absolute atomic E-state index is 13.8. The number of aromatic nitrogens is 2. The maximum atomic E-state index is 13.8. The first-order valence-corrected chi connectivity index (χ1v) is 5.61. The molecule has 100 valence electrons. The first-order chi connectivity index (χ1) is 8.99. The molecule has 1 heterocycles. The quantitative estimate of drug-likeness (QED) is 0.677. The monoisotopic (exact) mass is 265 g/mol. The van der Waals surface area contributed by atoms with Gasteiger partial charge in [0.15, 0.2) is 0 Å². The second-order valence-corrected chi connectivity index (χ2v) is 4.15. The SMILES string of the molecule is CC(O)c1cnn(Cc2cccc([N+](=O)[O-])c2F)c1. The number of hydrogen-bond donors (Lipinski definition) is 1. The maximum Gasteiger partial charge on any atom is 0.305 e. The van der Waals surface area contributed by atoms with E-state index in [1.165, 1.54) is 23.0 Å². The molecule has 0 saturated heterocycles. The average Bonchev–Trinajstić information content (AvgIpc) is 2.80. The van der Waals surface area contributed by atoms with Gasteiger partial charge in [0, 0.05) is 23.4 Å². The van der Waals surface area contributed by atoms with Crippen LogP contribution in [-0.2, 0) is 6.54 Å². The fourth-order valence-electron chi connectivity index (χ4n) is 1.69. The smallest absolute Gasteiger partial charge is 0.305 e. The van der Waals surface area contributed by atoms with Gasteiger partial charge in [-0.25, -0.2) is 0 Å². The molecule has 0 bridgehead atoms. The van der Waals surface area contributed by atoms with Gasteiger partial charge in [-0.15, -0.1) is 0 Å². The van der Waals surface area contributed by atoms with E-state index >= 15 is 0 Å². The van der Waals surface area contributed by atoms with Crippen molar-refractivity contribution in [3.8, 4) is 0 Å². The van der Waals surface area contributed by atoms with Gasteiger partial charge in [-0.3, -0.25) is 14.8 Å². The molecule has 2 rings (SSSR count). The number of aliphatic hydroxyl groups excluding tert-OH is 1. The zero-order valence-electron chi connectivity index (χ0n) is 10.2. The molecular formula is C12H12FN3O3. The van der Waals surface area contributed by atoms with Crippen molar-refractivity contribution in [3.05, 3.63) is 57.7 Å². The summed E-state index contributed by atoms with van der Waals surface area (Å²) in [5.41, 5.74) is 0.223. The van der Waals surface area contributed by atoms with E-state index in [-0.39, 0.29) is 12.1 Å². The van der Waals surface area contributed by atoms with Gasteiger partial charge in [-0.2, -0.15) is 9.49 Å². The zero-order valence-corrected chi connectivity index (χ0v) is 10.2. The van der Waals surface area contributed by atoms with Crippen molar-refractivity contribution < 1.29 is 14.4 Å². The van der Waals surface area contributed by atoms with E-state index in [0.29, 0.717) is 5.56 Å². The molecule has 1 N–H and O–H groups in total. The lowest BCUT2D eigenvalue weighted by Crippen LogP contribution is -2.04. The molecule has 0 fully saturated rings. The van der Waals surface area contributed by atoms with Crippen molar-refractivity contribution in [1.82, 2.24) is 9.78 Å². The summed E-state index contributed by atoms with van der Waals surface area (Å²) in [5, 5.41) is 24.0. The summed E-state index contributed by atoms with van der Waals surface area (Å²) in [5.74, 6) is -0.860. The number of aliphatic hydroxyl groups is 1. The second-order valence-electron chi connectivity index (χ2n) is 4.15. The lowest BCUT2D eigenvalue weighted by Gasteiger charge is -2.04. The third-order valence-corrected chi connectivity index (χ3v) is 2.72. The van der Waals surface area contributed by atoms with Gasteiger partial charge in [-0.05, 0) is 6.92 Å². The summed E-state index contributed by atoms with van der Waals surface area (Å²) in [6, 6.07) is 4.00. The molecule has 2 aromatic rings. The van der Waals surface area contributed by atoms with Gasteiger partial charge < -0.3 is 5.11 Å². The van der Waals surface area contributed by atoms with E-state index in [0.717, 1.165) is 6.07 Å². The highest BCUT2D eigenvalue weighted by atomic mass is 19.1. The highest BCUT2D eigenvalue weighted by Gasteiger charge is 2.17. The predicted octanol–water partition coefficient (Wildman–Crippen LogP) is 2.03. The Labute approximate surface area is 108 Å². The second kappa shape index (κ2) is 5.15. The minimum atomic E-state index is -0.860. The molecule has 1 aromatic heterocycles. The van der Waals surface area contributed by atoms with Gasteiger partial charge in [0.25, 0.3) is 0 Å². The average molecular weight is 265 g/mol. The van der Waals surface area contributed by atoms with Gasteiger partial charge >= 0.3 is 5.69 Å². The van der Waals surface area contributed by atoms with Crippen LogP contribution in [0.15, 0.2) is 30.6 Å². The lowest BCUT2D eigenvalue weighted by atomic mass is 10.2. The van der Waals surface area contributed by atoms with E-state index in [1.807, 2.05) is 0 Å². The first-order valence-electron chi connectivity index (χ1n) is 5.61. The molecule has 0 aliphatic rings. The summed E-state index contributed by atoms with van der Waals surface area (Å²) >= 11 is 0. The molecule has 0 spiro atoms. The van der Waals surface area contributed by atoms with Crippen molar-refractivity contribution in [3.63, 3.8) is 0 Å². The third-order valence-electron chi connectivity index (χ3n) is 2.72. The minimum Gasteiger partial charge on any atom is -0.389 e. The van der Waals surface area contributed by atoms with Crippen LogP contribution in [0.2, 0.25) is 0 Å². The molecule has 0 aliphatic carbocycles. The molecule has 1 atom stereocenters. The fraction of sp³-hybridized carbons (Fsp3) is 0.250. The van der Waals surface area contributed by atoms with E-state index in [2.05, 4.69) is 5.10 Å². The Hall–Kier alpha value is -2.28. The molecule has 0 amide bonds. The summed E-state index contributed by atoms with van der Waals surface area (Å²) in [4.78, 5) is 9.87. The van der Waals surface area contributed by atoms with E-state index in [9.17, 15) is 19.6 Å². The van der Waals surface area contributed by atoms with Crippen molar-refractivity contribution in [1.29, 1.82) is 0 Å². The van der Waals surface area contributed by atoms with Crippen molar-refractivity contribution in [2.75, 3.05) is 0 Å². The van der Waals surface area contributed by atoms with Crippen LogP contribution in [0, 0.1) is 15.9 Å². The molecule has 1 aromatic carbocycles. The Morgan fingerprint density at radius 2 is 2.32 bits per heavy atom. The predicted molar refractivity (Wildman–Crippen MR) is 65.0 cm³/mol. The molecule has 7 heteroatoms. The van der Waals surface area contributed by atoms with Gasteiger partial charge in [0.1, 0.15) is 0 Å². The van der Waals surface area contributed by atoms with E-state index in [4.69, 9.17) is 0 Å². The third kappa shape index (κ3) is 2.76. The minimum absolute atomic E-state index is 0.0697. The lowest BCUT2D eigenvalue weighted by molar-refractivity contribution is -0.387. The highest BCUT2D eigenvalue weighted by Crippen LogP contribution is 2.21. The largest absolute Gasteiger partial charge is 0.389 e. The molecule has 0 radical (unpaired) electrons. The Morgan fingerprint density at radius 3 is 2.89 bits per heavy atom. The first kappa shape index (κ1) is 13.2. The summed E-state index contributed by atoms with van der Waals surface area (Å²) < 4.78 is 15.3. The number of nitrogens with zero attached hydrogens (tertiary/aromatic N) is 3. The molecule has 0 aliphatic heterocycles. The van der Waals surface area contributed by atoms with Crippen LogP contribution in [-0.4, -0.2) is 19.8 Å². The van der Waals surface area contributed by atoms with Gasteiger partial charge in [0.05, 0.1) is 23.8 Å². The molecule has 6 nitrogen and oxygen atoms in total. The molecular weight excluding hydrogens is 253 g/mol. The van der Waals surface area contributed by atoms with Crippen molar-refractivity contribution in [2.24, 2.45) is 0 Å².